The highest BCUT2D eigenvalue weighted by molar-refractivity contribution is 7.07. The normalized spacial score (nSPS) is 21.7. The number of nitrogens with zero attached hydrogens (tertiary/aromatic N) is 2. The van der Waals surface area contributed by atoms with Gasteiger partial charge in [0.05, 0.1) is 0 Å². The minimum atomic E-state index is -0.727. The van der Waals surface area contributed by atoms with Crippen LogP contribution in [0.5, 0.6) is 0 Å². The fraction of sp³-hybridized carbons (Fsp3) is 0.615. The molecule has 1 N–H and O–H groups in total. The third-order valence-corrected chi connectivity index (χ3v) is 4.53. The van der Waals surface area contributed by atoms with Gasteiger partial charge in [-0.05, 0) is 36.2 Å². The van der Waals surface area contributed by atoms with Crippen molar-refractivity contribution in [1.29, 1.82) is 0 Å². The number of aliphatic carboxylic acids is 1. The van der Waals surface area contributed by atoms with E-state index in [4.69, 9.17) is 5.11 Å². The number of hydrogen-bond acceptors (Lipinski definition) is 4. The van der Waals surface area contributed by atoms with E-state index in [-0.39, 0.29) is 6.04 Å². The first-order valence-corrected chi connectivity index (χ1v) is 7.27. The van der Waals surface area contributed by atoms with E-state index in [1.54, 1.807) is 18.3 Å². The zero-order valence-electron chi connectivity index (χ0n) is 10.9. The number of hydrogen-bond donors (Lipinski definition) is 1. The standard InChI is InChI=1S/C13H20N2O2S/c1-10(12-3-8-18-9-12)14-4-6-15(7-5-14)11(2)13(16)17/h3,8-11H,4-7H2,1-2H3,(H,16,17). The van der Waals surface area contributed by atoms with Gasteiger partial charge in [-0.25, -0.2) is 0 Å². The van der Waals surface area contributed by atoms with E-state index in [0.717, 1.165) is 26.2 Å². The van der Waals surface area contributed by atoms with E-state index in [1.807, 2.05) is 4.90 Å². The molecular weight excluding hydrogens is 248 g/mol. The second-order valence-corrected chi connectivity index (χ2v) is 5.60. The Labute approximate surface area is 112 Å². The number of carboxylic acid groups (broad SMARTS) is 1. The predicted octanol–water partition coefficient (Wildman–Crippen LogP) is 1.90. The lowest BCUT2D eigenvalue weighted by molar-refractivity contribution is -0.143. The van der Waals surface area contributed by atoms with E-state index in [1.165, 1.54) is 5.56 Å². The molecule has 1 fully saturated rings. The molecule has 0 bridgehead atoms. The molecule has 0 amide bonds. The summed E-state index contributed by atoms with van der Waals surface area (Å²) < 4.78 is 0. The van der Waals surface area contributed by atoms with Gasteiger partial charge in [-0.3, -0.25) is 14.6 Å². The zero-order valence-corrected chi connectivity index (χ0v) is 11.7. The van der Waals surface area contributed by atoms with Crippen LogP contribution in [-0.2, 0) is 4.79 Å². The average molecular weight is 268 g/mol. The van der Waals surface area contributed by atoms with Crippen molar-refractivity contribution >= 4 is 17.3 Å². The van der Waals surface area contributed by atoms with Crippen molar-refractivity contribution in [1.82, 2.24) is 9.80 Å². The molecule has 2 rings (SSSR count). The van der Waals surface area contributed by atoms with Gasteiger partial charge in [0.1, 0.15) is 6.04 Å². The van der Waals surface area contributed by atoms with Crippen molar-refractivity contribution in [2.45, 2.75) is 25.9 Å². The summed E-state index contributed by atoms with van der Waals surface area (Å²) in [7, 11) is 0. The smallest absolute Gasteiger partial charge is 0.320 e. The number of carbonyl (C=O) groups is 1. The maximum absolute atomic E-state index is 10.9. The highest BCUT2D eigenvalue weighted by Crippen LogP contribution is 2.23. The molecule has 0 aliphatic carbocycles. The first-order chi connectivity index (χ1) is 8.59. The highest BCUT2D eigenvalue weighted by Gasteiger charge is 2.27. The fourth-order valence-electron chi connectivity index (χ4n) is 2.39. The average Bonchev–Trinajstić information content (AvgIpc) is 2.91. The van der Waals surface area contributed by atoms with Gasteiger partial charge in [0.25, 0.3) is 0 Å². The van der Waals surface area contributed by atoms with Crippen LogP contribution in [0.15, 0.2) is 16.8 Å². The Balaban J connectivity index is 1.89. The van der Waals surface area contributed by atoms with Crippen molar-refractivity contribution in [3.63, 3.8) is 0 Å². The van der Waals surface area contributed by atoms with Crippen molar-refractivity contribution < 1.29 is 9.90 Å². The summed E-state index contributed by atoms with van der Waals surface area (Å²) >= 11 is 1.73. The molecule has 5 heteroatoms. The van der Waals surface area contributed by atoms with Gasteiger partial charge in [0.15, 0.2) is 0 Å². The number of thiophene rings is 1. The van der Waals surface area contributed by atoms with Gasteiger partial charge in [0.2, 0.25) is 0 Å². The lowest BCUT2D eigenvalue weighted by atomic mass is 10.1. The van der Waals surface area contributed by atoms with E-state index in [9.17, 15) is 4.79 Å². The van der Waals surface area contributed by atoms with E-state index >= 15 is 0 Å². The van der Waals surface area contributed by atoms with E-state index in [2.05, 4.69) is 28.7 Å². The van der Waals surface area contributed by atoms with Crippen LogP contribution in [0, 0.1) is 0 Å². The Morgan fingerprint density at radius 2 is 1.89 bits per heavy atom. The second-order valence-electron chi connectivity index (χ2n) is 4.82. The van der Waals surface area contributed by atoms with Gasteiger partial charge in [-0.15, -0.1) is 0 Å². The molecular formula is C13H20N2O2S. The van der Waals surface area contributed by atoms with Gasteiger partial charge in [0, 0.05) is 32.2 Å². The summed E-state index contributed by atoms with van der Waals surface area (Å²) in [6.45, 7) is 7.53. The van der Waals surface area contributed by atoms with E-state index in [0.29, 0.717) is 6.04 Å². The van der Waals surface area contributed by atoms with Crippen LogP contribution < -0.4 is 0 Å². The monoisotopic (exact) mass is 268 g/mol. The molecule has 2 atom stereocenters. The minimum absolute atomic E-state index is 0.372. The summed E-state index contributed by atoms with van der Waals surface area (Å²) in [5.41, 5.74) is 1.36. The van der Waals surface area contributed by atoms with Gasteiger partial charge >= 0.3 is 5.97 Å². The molecule has 1 aliphatic heterocycles. The SMILES string of the molecule is CC(C(=O)O)N1CCN(C(C)c2ccsc2)CC1. The summed E-state index contributed by atoms with van der Waals surface area (Å²) in [6, 6.07) is 2.23. The minimum Gasteiger partial charge on any atom is -0.480 e. The molecule has 2 heterocycles. The third kappa shape index (κ3) is 2.91. The lowest BCUT2D eigenvalue weighted by Gasteiger charge is -2.39. The molecule has 1 aromatic rings. The Hall–Kier alpha value is -0.910. The third-order valence-electron chi connectivity index (χ3n) is 3.83. The molecule has 18 heavy (non-hydrogen) atoms. The second kappa shape index (κ2) is 5.82. The van der Waals surface area contributed by atoms with Crippen molar-refractivity contribution in [2.75, 3.05) is 26.2 Å². The van der Waals surface area contributed by atoms with Crippen molar-refractivity contribution in [3.8, 4) is 0 Å². The molecule has 1 saturated heterocycles. The van der Waals surface area contributed by atoms with Crippen LogP contribution in [0.1, 0.15) is 25.5 Å². The quantitative estimate of drug-likeness (QED) is 0.906. The molecule has 0 aromatic carbocycles. The van der Waals surface area contributed by atoms with Gasteiger partial charge in [-0.1, -0.05) is 0 Å². The van der Waals surface area contributed by atoms with Crippen LogP contribution in [0.2, 0.25) is 0 Å². The topological polar surface area (TPSA) is 43.8 Å². The Morgan fingerprint density at radius 1 is 1.28 bits per heavy atom. The highest BCUT2D eigenvalue weighted by atomic mass is 32.1. The van der Waals surface area contributed by atoms with Crippen LogP contribution in [-0.4, -0.2) is 53.1 Å². The van der Waals surface area contributed by atoms with Crippen LogP contribution in [0.4, 0.5) is 0 Å². The first-order valence-electron chi connectivity index (χ1n) is 6.32. The molecule has 2 unspecified atom stereocenters. The maximum atomic E-state index is 10.9. The first kappa shape index (κ1) is 13.5. The van der Waals surface area contributed by atoms with Crippen LogP contribution in [0.3, 0.4) is 0 Å². The van der Waals surface area contributed by atoms with Crippen LogP contribution >= 0.6 is 11.3 Å². The Bertz CT molecular complexity index is 386. The molecule has 0 radical (unpaired) electrons. The molecule has 0 spiro atoms. The Morgan fingerprint density at radius 3 is 2.39 bits per heavy atom. The molecule has 100 valence electrons. The molecule has 0 saturated carbocycles. The lowest BCUT2D eigenvalue weighted by Crippen LogP contribution is -2.52. The summed E-state index contributed by atoms with van der Waals surface area (Å²) in [5, 5.41) is 13.3. The van der Waals surface area contributed by atoms with Crippen molar-refractivity contribution in [3.05, 3.63) is 22.4 Å². The molecule has 4 nitrogen and oxygen atoms in total. The van der Waals surface area contributed by atoms with Gasteiger partial charge in [-0.2, -0.15) is 11.3 Å². The molecule has 1 aliphatic rings. The molecule has 1 aromatic heterocycles. The largest absolute Gasteiger partial charge is 0.480 e. The predicted molar refractivity (Wildman–Crippen MR) is 73.0 cm³/mol. The summed E-state index contributed by atoms with van der Waals surface area (Å²) in [4.78, 5) is 15.4. The Kier molecular flexibility index (Phi) is 4.37. The number of rotatable bonds is 4. The number of carboxylic acids is 1. The zero-order chi connectivity index (χ0) is 13.1. The fourth-order valence-corrected chi connectivity index (χ4v) is 3.14. The van der Waals surface area contributed by atoms with E-state index < -0.39 is 5.97 Å². The number of piperazine rings is 1. The summed E-state index contributed by atoms with van der Waals surface area (Å²) in [5.74, 6) is -0.727. The maximum Gasteiger partial charge on any atom is 0.320 e. The van der Waals surface area contributed by atoms with Gasteiger partial charge < -0.3 is 5.11 Å². The van der Waals surface area contributed by atoms with Crippen LogP contribution in [0.25, 0.3) is 0 Å². The van der Waals surface area contributed by atoms with Crippen molar-refractivity contribution in [2.24, 2.45) is 0 Å². The summed E-state index contributed by atoms with van der Waals surface area (Å²) in [6.07, 6.45) is 0.